The molecule has 4 nitrogen and oxygen atoms in total. The molecule has 3 N–H and O–H groups in total. The minimum Gasteiger partial charge on any atom is -0.376 e. The van der Waals surface area contributed by atoms with Gasteiger partial charge in [0.15, 0.2) is 0 Å². The van der Waals surface area contributed by atoms with Gasteiger partial charge in [-0.05, 0) is 26.0 Å². The second-order valence-corrected chi connectivity index (χ2v) is 4.53. The number of nitrogens with one attached hydrogen (secondary N) is 1. The quantitative estimate of drug-likeness (QED) is 0.769. The summed E-state index contributed by atoms with van der Waals surface area (Å²) in [6.45, 7) is 6.68. The second-order valence-electron chi connectivity index (χ2n) is 4.53. The molecule has 1 aromatic rings. The topological polar surface area (TPSA) is 64.3 Å². The number of hydrogen-bond donors (Lipinski definition) is 2. The SMILES string of the molecule is CCNC(COC(C)C)(C(N)=O)c1ccccc1. The first-order chi connectivity index (χ1) is 8.53. The van der Waals surface area contributed by atoms with E-state index in [1.165, 1.54) is 0 Å². The van der Waals surface area contributed by atoms with Gasteiger partial charge in [0.2, 0.25) is 5.91 Å². The van der Waals surface area contributed by atoms with Gasteiger partial charge in [-0.2, -0.15) is 0 Å². The average Bonchev–Trinajstić information content (AvgIpc) is 2.35. The van der Waals surface area contributed by atoms with Crippen molar-refractivity contribution in [2.45, 2.75) is 32.4 Å². The van der Waals surface area contributed by atoms with Gasteiger partial charge in [-0.3, -0.25) is 10.1 Å². The smallest absolute Gasteiger partial charge is 0.244 e. The van der Waals surface area contributed by atoms with Crippen LogP contribution in [0.4, 0.5) is 0 Å². The molecule has 1 atom stereocenters. The Balaban J connectivity index is 3.09. The van der Waals surface area contributed by atoms with Gasteiger partial charge < -0.3 is 10.5 Å². The summed E-state index contributed by atoms with van der Waals surface area (Å²) < 4.78 is 5.61. The molecule has 0 aliphatic carbocycles. The van der Waals surface area contributed by atoms with Crippen LogP contribution < -0.4 is 11.1 Å². The molecule has 1 aromatic carbocycles. The molecule has 0 aliphatic rings. The van der Waals surface area contributed by atoms with E-state index in [0.29, 0.717) is 6.54 Å². The summed E-state index contributed by atoms with van der Waals surface area (Å²) >= 11 is 0. The van der Waals surface area contributed by atoms with Gasteiger partial charge in [0.25, 0.3) is 0 Å². The van der Waals surface area contributed by atoms with Crippen LogP contribution in [0.15, 0.2) is 30.3 Å². The van der Waals surface area contributed by atoms with Crippen LogP contribution in [0.25, 0.3) is 0 Å². The van der Waals surface area contributed by atoms with E-state index in [-0.39, 0.29) is 12.7 Å². The lowest BCUT2D eigenvalue weighted by Crippen LogP contribution is -2.56. The summed E-state index contributed by atoms with van der Waals surface area (Å²) in [7, 11) is 0. The molecule has 18 heavy (non-hydrogen) atoms. The second kappa shape index (κ2) is 6.52. The fourth-order valence-electron chi connectivity index (χ4n) is 1.85. The van der Waals surface area contributed by atoms with Crippen LogP contribution in [0.5, 0.6) is 0 Å². The van der Waals surface area contributed by atoms with Crippen molar-refractivity contribution in [2.75, 3.05) is 13.2 Å². The largest absolute Gasteiger partial charge is 0.376 e. The molecule has 1 rings (SSSR count). The van der Waals surface area contributed by atoms with Crippen molar-refractivity contribution in [3.63, 3.8) is 0 Å². The Morgan fingerprint density at radius 1 is 1.39 bits per heavy atom. The van der Waals surface area contributed by atoms with Gasteiger partial charge in [-0.1, -0.05) is 37.3 Å². The summed E-state index contributed by atoms with van der Waals surface area (Å²) in [5.74, 6) is -0.420. The molecule has 0 heterocycles. The van der Waals surface area contributed by atoms with Gasteiger partial charge in [-0.15, -0.1) is 0 Å². The molecule has 0 bridgehead atoms. The number of nitrogens with two attached hydrogens (primary N) is 1. The molecule has 0 saturated carbocycles. The zero-order chi connectivity index (χ0) is 13.6. The van der Waals surface area contributed by atoms with E-state index >= 15 is 0 Å². The lowest BCUT2D eigenvalue weighted by Gasteiger charge is -2.32. The highest BCUT2D eigenvalue weighted by atomic mass is 16.5. The summed E-state index contributed by atoms with van der Waals surface area (Å²) in [6, 6.07) is 9.46. The molecular weight excluding hydrogens is 228 g/mol. The van der Waals surface area contributed by atoms with E-state index in [9.17, 15) is 4.79 Å². The van der Waals surface area contributed by atoms with Crippen LogP contribution in [0, 0.1) is 0 Å². The Morgan fingerprint density at radius 3 is 2.44 bits per heavy atom. The Kier molecular flexibility index (Phi) is 5.31. The minimum atomic E-state index is -0.958. The molecule has 1 unspecified atom stereocenters. The van der Waals surface area contributed by atoms with Gasteiger partial charge in [-0.25, -0.2) is 0 Å². The Labute approximate surface area is 109 Å². The maximum Gasteiger partial charge on any atom is 0.244 e. The molecular formula is C14H22N2O2. The lowest BCUT2D eigenvalue weighted by atomic mass is 9.89. The maximum absolute atomic E-state index is 11.9. The first kappa shape index (κ1) is 14.7. The Hall–Kier alpha value is -1.39. The van der Waals surface area contributed by atoms with E-state index in [1.807, 2.05) is 51.1 Å². The predicted octanol–water partition coefficient (Wildman–Crippen LogP) is 1.40. The number of primary amides is 1. The zero-order valence-electron chi connectivity index (χ0n) is 11.3. The van der Waals surface area contributed by atoms with E-state index in [4.69, 9.17) is 10.5 Å². The molecule has 0 aromatic heterocycles. The maximum atomic E-state index is 11.9. The normalized spacial score (nSPS) is 14.4. The predicted molar refractivity (Wildman–Crippen MR) is 72.1 cm³/mol. The fourth-order valence-corrected chi connectivity index (χ4v) is 1.85. The molecule has 1 amide bonds. The average molecular weight is 250 g/mol. The number of benzene rings is 1. The number of carbonyl (C=O) groups is 1. The van der Waals surface area contributed by atoms with Crippen molar-refractivity contribution in [2.24, 2.45) is 5.73 Å². The van der Waals surface area contributed by atoms with Gasteiger partial charge in [0.1, 0.15) is 5.54 Å². The third-order valence-corrected chi connectivity index (χ3v) is 2.80. The number of hydrogen-bond acceptors (Lipinski definition) is 3. The Morgan fingerprint density at radius 2 is 2.00 bits per heavy atom. The van der Waals surface area contributed by atoms with Crippen molar-refractivity contribution in [1.29, 1.82) is 0 Å². The summed E-state index contributed by atoms with van der Waals surface area (Å²) in [5, 5.41) is 3.17. The molecule has 0 radical (unpaired) electrons. The third kappa shape index (κ3) is 3.31. The summed E-state index contributed by atoms with van der Waals surface area (Å²) in [4.78, 5) is 11.9. The molecule has 100 valence electrons. The number of rotatable bonds is 7. The number of likely N-dealkylation sites (N-methyl/N-ethyl adjacent to an activating group) is 1. The van der Waals surface area contributed by atoms with Crippen molar-refractivity contribution in [3.8, 4) is 0 Å². The van der Waals surface area contributed by atoms with Crippen molar-refractivity contribution >= 4 is 5.91 Å². The van der Waals surface area contributed by atoms with Gasteiger partial charge >= 0.3 is 0 Å². The van der Waals surface area contributed by atoms with Crippen LogP contribution in [0.2, 0.25) is 0 Å². The van der Waals surface area contributed by atoms with E-state index in [0.717, 1.165) is 5.56 Å². The van der Waals surface area contributed by atoms with E-state index in [2.05, 4.69) is 5.32 Å². The molecule has 0 fully saturated rings. The van der Waals surface area contributed by atoms with Gasteiger partial charge in [0.05, 0.1) is 12.7 Å². The van der Waals surface area contributed by atoms with Crippen molar-refractivity contribution in [3.05, 3.63) is 35.9 Å². The standard InChI is InChI=1S/C14H22N2O2/c1-4-16-14(13(15)17,10-18-11(2)3)12-8-6-5-7-9-12/h5-9,11,16H,4,10H2,1-3H3,(H2,15,17). The van der Waals surface area contributed by atoms with Gasteiger partial charge in [0, 0.05) is 0 Å². The zero-order valence-corrected chi connectivity index (χ0v) is 11.3. The van der Waals surface area contributed by atoms with Crippen LogP contribution in [0.1, 0.15) is 26.3 Å². The molecule has 0 spiro atoms. The molecule has 0 saturated heterocycles. The van der Waals surface area contributed by atoms with Crippen LogP contribution in [0.3, 0.4) is 0 Å². The molecule has 0 aliphatic heterocycles. The molecule has 4 heteroatoms. The van der Waals surface area contributed by atoms with E-state index < -0.39 is 11.4 Å². The summed E-state index contributed by atoms with van der Waals surface area (Å²) in [6.07, 6.45) is 0.0473. The Bertz CT molecular complexity index is 379. The first-order valence-electron chi connectivity index (χ1n) is 6.25. The number of amides is 1. The third-order valence-electron chi connectivity index (χ3n) is 2.80. The lowest BCUT2D eigenvalue weighted by molar-refractivity contribution is -0.128. The van der Waals surface area contributed by atoms with Crippen LogP contribution in [-0.2, 0) is 15.1 Å². The summed E-state index contributed by atoms with van der Waals surface area (Å²) in [5.41, 5.74) is 5.47. The van der Waals surface area contributed by atoms with Crippen LogP contribution in [-0.4, -0.2) is 25.2 Å². The minimum absolute atomic E-state index is 0.0473. The van der Waals surface area contributed by atoms with Crippen molar-refractivity contribution in [1.82, 2.24) is 5.32 Å². The number of carbonyl (C=O) groups excluding carboxylic acids is 1. The highest BCUT2D eigenvalue weighted by molar-refractivity contribution is 5.86. The highest BCUT2D eigenvalue weighted by Crippen LogP contribution is 2.22. The van der Waals surface area contributed by atoms with Crippen LogP contribution >= 0.6 is 0 Å². The first-order valence-corrected chi connectivity index (χ1v) is 6.25. The number of ether oxygens (including phenoxy) is 1. The fraction of sp³-hybridized carbons (Fsp3) is 0.500. The van der Waals surface area contributed by atoms with Crippen molar-refractivity contribution < 1.29 is 9.53 Å². The monoisotopic (exact) mass is 250 g/mol. The highest BCUT2D eigenvalue weighted by Gasteiger charge is 2.38. The van der Waals surface area contributed by atoms with E-state index in [1.54, 1.807) is 0 Å².